The number of halogens is 3. The Morgan fingerprint density at radius 3 is 2.82 bits per heavy atom. The number of hydrogen-bond donors (Lipinski definition) is 2. The topological polar surface area (TPSA) is 57.8 Å². The predicted octanol–water partition coefficient (Wildman–Crippen LogP) is 2.70. The third-order valence-electron chi connectivity index (χ3n) is 1.99. The molecule has 1 heterocycles. The number of hydrogen-bond acceptors (Lipinski definition) is 2. The van der Waals surface area contributed by atoms with Crippen molar-refractivity contribution in [1.29, 1.82) is 0 Å². The van der Waals surface area contributed by atoms with Gasteiger partial charge >= 0.3 is 0 Å². The molecule has 1 amide bonds. The van der Waals surface area contributed by atoms with E-state index in [4.69, 9.17) is 0 Å². The molecule has 1 aromatic heterocycles. The van der Waals surface area contributed by atoms with Crippen LogP contribution in [0, 0.1) is 11.6 Å². The number of H-pyrrole nitrogens is 1. The molecule has 0 saturated heterocycles. The van der Waals surface area contributed by atoms with Gasteiger partial charge in [-0.2, -0.15) is 5.10 Å². The van der Waals surface area contributed by atoms with E-state index in [0.717, 1.165) is 6.07 Å². The highest BCUT2D eigenvalue weighted by atomic mass is 79.9. The van der Waals surface area contributed by atoms with Crippen LogP contribution in [0.5, 0.6) is 0 Å². The van der Waals surface area contributed by atoms with Crippen molar-refractivity contribution in [1.82, 2.24) is 10.2 Å². The number of aromatic nitrogens is 2. The summed E-state index contributed by atoms with van der Waals surface area (Å²) in [4.78, 5) is 11.6. The molecule has 1 aromatic carbocycles. The Morgan fingerprint density at radius 2 is 2.18 bits per heavy atom. The van der Waals surface area contributed by atoms with Gasteiger partial charge < -0.3 is 5.32 Å². The number of anilines is 1. The van der Waals surface area contributed by atoms with Crippen molar-refractivity contribution in [3.05, 3.63) is 46.2 Å². The van der Waals surface area contributed by atoms with Crippen molar-refractivity contribution in [2.45, 2.75) is 0 Å². The van der Waals surface area contributed by atoms with Gasteiger partial charge in [0.25, 0.3) is 5.91 Å². The Kier molecular flexibility index (Phi) is 3.19. The Morgan fingerprint density at radius 1 is 1.41 bits per heavy atom. The van der Waals surface area contributed by atoms with Crippen LogP contribution < -0.4 is 5.32 Å². The second-order valence-electron chi connectivity index (χ2n) is 3.17. The summed E-state index contributed by atoms with van der Waals surface area (Å²) in [5, 5.41) is 8.23. The smallest absolute Gasteiger partial charge is 0.273 e. The van der Waals surface area contributed by atoms with E-state index >= 15 is 0 Å². The number of rotatable bonds is 2. The van der Waals surface area contributed by atoms with E-state index in [9.17, 15) is 13.6 Å². The van der Waals surface area contributed by atoms with Crippen molar-refractivity contribution in [2.24, 2.45) is 0 Å². The van der Waals surface area contributed by atoms with Crippen molar-refractivity contribution >= 4 is 27.5 Å². The lowest BCUT2D eigenvalue weighted by Gasteiger charge is -2.06. The quantitative estimate of drug-likeness (QED) is 0.838. The average molecular weight is 302 g/mol. The van der Waals surface area contributed by atoms with Gasteiger partial charge in [-0.25, -0.2) is 8.78 Å². The monoisotopic (exact) mass is 301 g/mol. The molecule has 0 saturated carbocycles. The zero-order chi connectivity index (χ0) is 12.4. The number of aromatic amines is 1. The van der Waals surface area contributed by atoms with E-state index in [1.165, 1.54) is 18.3 Å². The van der Waals surface area contributed by atoms with Crippen LogP contribution in [0.4, 0.5) is 14.5 Å². The average Bonchev–Trinajstić information content (AvgIpc) is 2.78. The van der Waals surface area contributed by atoms with Gasteiger partial charge in [0.05, 0.1) is 5.69 Å². The van der Waals surface area contributed by atoms with Gasteiger partial charge in [-0.05, 0) is 18.2 Å². The van der Waals surface area contributed by atoms with Gasteiger partial charge in [-0.1, -0.05) is 15.9 Å². The molecule has 88 valence electrons. The van der Waals surface area contributed by atoms with Crippen LogP contribution >= 0.6 is 15.9 Å². The Bertz CT molecular complexity index is 557. The molecular formula is C10H6BrF2N3O. The fourth-order valence-corrected chi connectivity index (χ4v) is 1.65. The van der Waals surface area contributed by atoms with E-state index in [2.05, 4.69) is 31.4 Å². The van der Waals surface area contributed by atoms with E-state index in [1.54, 1.807) is 0 Å². The highest BCUT2D eigenvalue weighted by Crippen LogP contribution is 2.23. The number of nitrogens with zero attached hydrogens (tertiary/aromatic N) is 1. The van der Waals surface area contributed by atoms with Gasteiger partial charge in [0.2, 0.25) is 0 Å². The third-order valence-corrected chi connectivity index (χ3v) is 2.44. The van der Waals surface area contributed by atoms with Gasteiger partial charge in [0, 0.05) is 10.7 Å². The maximum absolute atomic E-state index is 13.3. The van der Waals surface area contributed by atoms with Gasteiger partial charge in [0.15, 0.2) is 11.6 Å². The third kappa shape index (κ3) is 2.50. The highest BCUT2D eigenvalue weighted by Gasteiger charge is 2.14. The zero-order valence-corrected chi connectivity index (χ0v) is 9.88. The van der Waals surface area contributed by atoms with Crippen LogP contribution in [0.25, 0.3) is 0 Å². The molecule has 4 nitrogen and oxygen atoms in total. The first-order chi connectivity index (χ1) is 8.08. The van der Waals surface area contributed by atoms with Crippen LogP contribution in [-0.2, 0) is 0 Å². The summed E-state index contributed by atoms with van der Waals surface area (Å²) >= 11 is 3.01. The number of carbonyl (C=O) groups excluding carboxylic acids is 1. The van der Waals surface area contributed by atoms with Crippen LogP contribution in [-0.4, -0.2) is 16.1 Å². The first kappa shape index (κ1) is 11.7. The van der Waals surface area contributed by atoms with Crippen molar-refractivity contribution in [3.63, 3.8) is 0 Å². The van der Waals surface area contributed by atoms with E-state index in [-0.39, 0.29) is 11.4 Å². The van der Waals surface area contributed by atoms with Gasteiger partial charge in [-0.15, -0.1) is 0 Å². The minimum Gasteiger partial charge on any atom is -0.318 e. The second-order valence-corrected chi connectivity index (χ2v) is 4.09. The molecule has 0 aliphatic carbocycles. The molecule has 0 fully saturated rings. The predicted molar refractivity (Wildman–Crippen MR) is 60.6 cm³/mol. The van der Waals surface area contributed by atoms with Crippen LogP contribution in [0.3, 0.4) is 0 Å². The summed E-state index contributed by atoms with van der Waals surface area (Å²) in [7, 11) is 0. The van der Waals surface area contributed by atoms with E-state index in [1.807, 2.05) is 0 Å². The summed E-state index contributed by atoms with van der Waals surface area (Å²) in [6, 6.07) is 3.66. The van der Waals surface area contributed by atoms with Crippen LogP contribution in [0.1, 0.15) is 10.5 Å². The fourth-order valence-electron chi connectivity index (χ4n) is 1.22. The largest absolute Gasteiger partial charge is 0.318 e. The lowest BCUT2D eigenvalue weighted by molar-refractivity contribution is 0.102. The Labute approximate surface area is 103 Å². The Balaban J connectivity index is 2.28. The molecule has 0 radical (unpaired) electrons. The first-order valence-electron chi connectivity index (χ1n) is 4.53. The summed E-state index contributed by atoms with van der Waals surface area (Å²) in [5.41, 5.74) is -0.0822. The molecular weight excluding hydrogens is 296 g/mol. The van der Waals surface area contributed by atoms with Crippen molar-refractivity contribution < 1.29 is 13.6 Å². The molecule has 2 rings (SSSR count). The van der Waals surface area contributed by atoms with Crippen molar-refractivity contribution in [2.75, 3.05) is 5.32 Å². The molecule has 17 heavy (non-hydrogen) atoms. The zero-order valence-electron chi connectivity index (χ0n) is 8.30. The molecule has 0 bridgehead atoms. The summed E-state index contributed by atoms with van der Waals surface area (Å²) < 4.78 is 26.7. The number of nitrogens with one attached hydrogen (secondary N) is 2. The summed E-state index contributed by atoms with van der Waals surface area (Å²) in [5.74, 6) is -2.75. The minimum atomic E-state index is -1.11. The van der Waals surface area contributed by atoms with Crippen LogP contribution in [0.2, 0.25) is 0 Å². The van der Waals surface area contributed by atoms with Crippen LogP contribution in [0.15, 0.2) is 28.9 Å². The summed E-state index contributed by atoms with van der Waals surface area (Å²) in [6.07, 6.45) is 1.38. The van der Waals surface area contributed by atoms with Gasteiger partial charge in [-0.3, -0.25) is 9.89 Å². The Hall–Kier alpha value is -1.76. The van der Waals surface area contributed by atoms with E-state index in [0.29, 0.717) is 4.47 Å². The number of benzene rings is 1. The normalized spacial score (nSPS) is 10.3. The minimum absolute atomic E-state index is 0.157. The second kappa shape index (κ2) is 4.62. The molecule has 0 spiro atoms. The van der Waals surface area contributed by atoms with E-state index < -0.39 is 17.5 Å². The maximum atomic E-state index is 13.3. The molecule has 0 unspecified atom stereocenters. The molecule has 0 aliphatic rings. The molecule has 0 atom stereocenters. The molecule has 2 N–H and O–H groups in total. The standard InChI is InChI=1S/C10H6BrF2N3O/c11-5-3-6(12)9(13)8(4-5)15-10(17)7-1-2-14-16-7/h1-4H,(H,14,16)(H,15,17). The molecule has 0 aliphatic heterocycles. The lowest BCUT2D eigenvalue weighted by atomic mass is 10.3. The van der Waals surface area contributed by atoms with Gasteiger partial charge in [0.1, 0.15) is 5.69 Å². The number of carbonyl (C=O) groups is 1. The fraction of sp³-hybridized carbons (Fsp3) is 0. The first-order valence-corrected chi connectivity index (χ1v) is 5.32. The lowest BCUT2D eigenvalue weighted by Crippen LogP contribution is -2.14. The molecule has 2 aromatic rings. The van der Waals surface area contributed by atoms with Crippen molar-refractivity contribution in [3.8, 4) is 0 Å². The molecule has 7 heteroatoms. The number of amides is 1. The summed E-state index contributed by atoms with van der Waals surface area (Å²) in [6.45, 7) is 0. The maximum Gasteiger partial charge on any atom is 0.273 e. The highest BCUT2D eigenvalue weighted by molar-refractivity contribution is 9.10. The SMILES string of the molecule is O=C(Nc1cc(Br)cc(F)c1F)c1ccn[nH]1.